The maximum Gasteiger partial charge on any atom is 0.273 e. The molecule has 5 nitrogen and oxygen atoms in total. The molecule has 0 fully saturated rings. The summed E-state index contributed by atoms with van der Waals surface area (Å²) >= 11 is 1.04. The maximum atomic E-state index is 13.2. The van der Waals surface area contributed by atoms with Crippen LogP contribution in [0.2, 0.25) is 0 Å². The van der Waals surface area contributed by atoms with Crippen LogP contribution in [-0.4, -0.2) is 13.4 Å². The second-order valence-corrected chi connectivity index (χ2v) is 6.68. The summed E-state index contributed by atoms with van der Waals surface area (Å²) in [6.45, 7) is 1.70. The third kappa shape index (κ3) is 2.59. The lowest BCUT2D eigenvalue weighted by atomic mass is 10.3. The lowest BCUT2D eigenvalue weighted by molar-refractivity contribution is 0.603. The summed E-state index contributed by atoms with van der Waals surface area (Å²) in [6, 6.07) is 3.72. The highest BCUT2D eigenvalue weighted by atomic mass is 32.2. The Morgan fingerprint density at radius 1 is 1.44 bits per heavy atom. The summed E-state index contributed by atoms with van der Waals surface area (Å²) < 4.78 is 39.4. The Morgan fingerprint density at radius 2 is 2.17 bits per heavy atom. The van der Waals surface area contributed by atoms with Gasteiger partial charge in [-0.15, -0.1) is 11.3 Å². The van der Waals surface area contributed by atoms with E-state index in [0.29, 0.717) is 5.01 Å². The van der Waals surface area contributed by atoms with Gasteiger partial charge in [-0.1, -0.05) is 0 Å². The molecule has 1 aromatic heterocycles. The third-order valence-corrected chi connectivity index (χ3v) is 4.87. The molecule has 0 aliphatic rings. The Bertz CT molecular complexity index is 682. The Kier molecular flexibility index (Phi) is 3.22. The number of hydrogen-bond acceptors (Lipinski definition) is 5. The molecule has 1 aromatic carbocycles. The zero-order chi connectivity index (χ0) is 13.3. The Morgan fingerprint density at radius 3 is 2.72 bits per heavy atom. The van der Waals surface area contributed by atoms with Gasteiger partial charge >= 0.3 is 0 Å². The van der Waals surface area contributed by atoms with E-state index in [2.05, 4.69) is 9.71 Å². The smallest absolute Gasteiger partial charge is 0.273 e. The van der Waals surface area contributed by atoms with Gasteiger partial charge < -0.3 is 5.73 Å². The summed E-state index contributed by atoms with van der Waals surface area (Å²) in [5.41, 5.74) is 5.39. The second kappa shape index (κ2) is 4.54. The third-order valence-electron chi connectivity index (χ3n) is 2.12. The molecule has 2 rings (SSSR count). The SMILES string of the molecule is Cc1ncc(S(=O)(=O)Nc2ccc(N)c(F)c2)s1. The molecule has 0 bridgehead atoms. The normalized spacial score (nSPS) is 11.4. The van der Waals surface area contributed by atoms with Gasteiger partial charge in [-0.3, -0.25) is 4.72 Å². The molecule has 0 saturated carbocycles. The molecule has 0 amide bonds. The molecule has 0 aliphatic carbocycles. The van der Waals surface area contributed by atoms with Crippen LogP contribution >= 0.6 is 11.3 Å². The number of rotatable bonds is 3. The first-order valence-electron chi connectivity index (χ1n) is 4.89. The standard InChI is InChI=1S/C10H10FN3O2S2/c1-6-13-5-10(17-6)18(15,16)14-7-2-3-9(12)8(11)4-7/h2-5,14H,12H2,1H3. The van der Waals surface area contributed by atoms with Gasteiger partial charge in [-0.25, -0.2) is 17.8 Å². The average Bonchev–Trinajstić information content (AvgIpc) is 2.71. The molecule has 0 radical (unpaired) electrons. The van der Waals surface area contributed by atoms with E-state index in [1.807, 2.05) is 0 Å². The van der Waals surface area contributed by atoms with Crippen molar-refractivity contribution in [1.29, 1.82) is 0 Å². The summed E-state index contributed by atoms with van der Waals surface area (Å²) in [5.74, 6) is -0.671. The molecule has 8 heteroatoms. The Balaban J connectivity index is 2.30. The zero-order valence-corrected chi connectivity index (χ0v) is 11.0. The largest absolute Gasteiger partial charge is 0.396 e. The summed E-state index contributed by atoms with van der Waals surface area (Å²) in [6.07, 6.45) is 1.26. The minimum absolute atomic E-state index is 0.0356. The van der Waals surface area contributed by atoms with Gasteiger partial charge in [0.2, 0.25) is 0 Å². The van der Waals surface area contributed by atoms with E-state index in [0.717, 1.165) is 17.4 Å². The number of thiazole rings is 1. The highest BCUT2D eigenvalue weighted by Crippen LogP contribution is 2.23. The molecule has 0 atom stereocenters. The molecule has 18 heavy (non-hydrogen) atoms. The summed E-state index contributed by atoms with van der Waals surface area (Å²) in [7, 11) is -3.72. The number of hydrogen-bond donors (Lipinski definition) is 2. The van der Waals surface area contributed by atoms with E-state index in [1.54, 1.807) is 6.92 Å². The van der Waals surface area contributed by atoms with Gasteiger partial charge in [0.25, 0.3) is 10.0 Å². The number of aromatic nitrogens is 1. The fraction of sp³-hybridized carbons (Fsp3) is 0.100. The topological polar surface area (TPSA) is 85.1 Å². The number of halogens is 1. The van der Waals surface area contributed by atoms with Crippen molar-refractivity contribution in [2.75, 3.05) is 10.5 Å². The van der Waals surface area contributed by atoms with Crippen molar-refractivity contribution >= 4 is 32.7 Å². The summed E-state index contributed by atoms with van der Waals surface area (Å²) in [4.78, 5) is 3.86. The first kappa shape index (κ1) is 12.8. The van der Waals surface area contributed by atoms with Gasteiger partial charge in [0.15, 0.2) is 4.21 Å². The quantitative estimate of drug-likeness (QED) is 0.845. The second-order valence-electron chi connectivity index (χ2n) is 3.54. The predicted octanol–water partition coefficient (Wildman–Crippen LogP) is 1.97. The van der Waals surface area contributed by atoms with Gasteiger partial charge in [-0.05, 0) is 19.1 Å². The molecule has 0 aliphatic heterocycles. The number of benzene rings is 1. The van der Waals surface area contributed by atoms with Crippen LogP contribution in [0.4, 0.5) is 15.8 Å². The van der Waals surface area contributed by atoms with Crippen LogP contribution in [-0.2, 0) is 10.0 Å². The molecule has 1 heterocycles. The zero-order valence-electron chi connectivity index (χ0n) is 9.34. The maximum absolute atomic E-state index is 13.2. The minimum Gasteiger partial charge on any atom is -0.396 e. The lowest BCUT2D eigenvalue weighted by Crippen LogP contribution is -2.11. The van der Waals surface area contributed by atoms with Crippen molar-refractivity contribution in [1.82, 2.24) is 4.98 Å². The van der Waals surface area contributed by atoms with Crippen LogP contribution < -0.4 is 10.5 Å². The number of nitrogens with zero attached hydrogens (tertiary/aromatic N) is 1. The molecule has 0 spiro atoms. The van der Waals surface area contributed by atoms with Crippen LogP contribution in [0.15, 0.2) is 28.6 Å². The molecular formula is C10H10FN3O2S2. The van der Waals surface area contributed by atoms with E-state index in [4.69, 9.17) is 5.73 Å². The van der Waals surface area contributed by atoms with Crippen molar-refractivity contribution < 1.29 is 12.8 Å². The number of aryl methyl sites for hydroxylation is 1. The molecular weight excluding hydrogens is 277 g/mol. The van der Waals surface area contributed by atoms with Crippen LogP contribution in [0.5, 0.6) is 0 Å². The minimum atomic E-state index is -3.72. The van der Waals surface area contributed by atoms with Crippen LogP contribution in [0.1, 0.15) is 5.01 Å². The van der Waals surface area contributed by atoms with Gasteiger partial charge in [0, 0.05) is 6.07 Å². The number of nitrogens with two attached hydrogens (primary N) is 1. The molecule has 96 valence electrons. The van der Waals surface area contributed by atoms with E-state index in [-0.39, 0.29) is 15.6 Å². The van der Waals surface area contributed by atoms with Gasteiger partial charge in [0.05, 0.1) is 22.6 Å². The fourth-order valence-electron chi connectivity index (χ4n) is 1.26. The summed E-state index contributed by atoms with van der Waals surface area (Å²) in [5, 5.41) is 0.638. The monoisotopic (exact) mass is 287 g/mol. The fourth-order valence-corrected chi connectivity index (χ4v) is 3.42. The number of sulfonamides is 1. The molecule has 0 unspecified atom stereocenters. The van der Waals surface area contributed by atoms with Crippen molar-refractivity contribution in [2.45, 2.75) is 11.1 Å². The molecule has 3 N–H and O–H groups in total. The highest BCUT2D eigenvalue weighted by Gasteiger charge is 2.17. The van der Waals surface area contributed by atoms with Crippen LogP contribution in [0.3, 0.4) is 0 Å². The van der Waals surface area contributed by atoms with Crippen molar-refractivity contribution in [3.63, 3.8) is 0 Å². The Labute approximate surface area is 108 Å². The number of nitrogens with one attached hydrogen (secondary N) is 1. The highest BCUT2D eigenvalue weighted by molar-refractivity contribution is 7.94. The van der Waals surface area contributed by atoms with Gasteiger partial charge in [0.1, 0.15) is 5.82 Å². The van der Waals surface area contributed by atoms with E-state index >= 15 is 0 Å². The van der Waals surface area contributed by atoms with Crippen molar-refractivity contribution in [2.24, 2.45) is 0 Å². The van der Waals surface area contributed by atoms with Crippen LogP contribution in [0.25, 0.3) is 0 Å². The van der Waals surface area contributed by atoms with Crippen molar-refractivity contribution in [3.05, 3.63) is 35.2 Å². The Hall–Kier alpha value is -1.67. The van der Waals surface area contributed by atoms with Gasteiger partial charge in [-0.2, -0.15) is 0 Å². The molecule has 2 aromatic rings. The van der Waals surface area contributed by atoms with Crippen LogP contribution in [0, 0.1) is 12.7 Å². The number of anilines is 2. The van der Waals surface area contributed by atoms with Crippen molar-refractivity contribution in [3.8, 4) is 0 Å². The number of nitrogen functional groups attached to an aromatic ring is 1. The first-order valence-corrected chi connectivity index (χ1v) is 7.19. The molecule has 0 saturated heterocycles. The average molecular weight is 287 g/mol. The van der Waals surface area contributed by atoms with E-state index < -0.39 is 15.8 Å². The van der Waals surface area contributed by atoms with E-state index in [9.17, 15) is 12.8 Å². The first-order chi connectivity index (χ1) is 8.38. The lowest BCUT2D eigenvalue weighted by Gasteiger charge is -2.06. The van der Waals surface area contributed by atoms with E-state index in [1.165, 1.54) is 18.3 Å². The predicted molar refractivity (Wildman–Crippen MR) is 68.5 cm³/mol.